The van der Waals surface area contributed by atoms with Crippen molar-refractivity contribution in [1.29, 1.82) is 10.5 Å². The molecular formula is C27H22BrN3O4. The van der Waals surface area contributed by atoms with Gasteiger partial charge in [-0.25, -0.2) is 0 Å². The van der Waals surface area contributed by atoms with E-state index in [-0.39, 0.29) is 18.7 Å². The molecule has 0 saturated heterocycles. The summed E-state index contributed by atoms with van der Waals surface area (Å²) in [7, 11) is 3.08. The van der Waals surface area contributed by atoms with Gasteiger partial charge in [-0.1, -0.05) is 46.3 Å². The fourth-order valence-electron chi connectivity index (χ4n) is 3.17. The Morgan fingerprint density at radius 1 is 1.03 bits per heavy atom. The van der Waals surface area contributed by atoms with Gasteiger partial charge in [-0.2, -0.15) is 10.5 Å². The van der Waals surface area contributed by atoms with Crippen molar-refractivity contribution in [3.8, 4) is 29.4 Å². The number of nitriles is 2. The minimum atomic E-state index is -0.498. The van der Waals surface area contributed by atoms with Crippen molar-refractivity contribution in [3.05, 3.63) is 93.0 Å². The molecule has 0 atom stereocenters. The van der Waals surface area contributed by atoms with Crippen molar-refractivity contribution in [2.24, 2.45) is 0 Å². The van der Waals surface area contributed by atoms with Crippen LogP contribution in [0.3, 0.4) is 0 Å². The van der Waals surface area contributed by atoms with E-state index < -0.39 is 5.91 Å². The summed E-state index contributed by atoms with van der Waals surface area (Å²) in [6, 6.07) is 21.9. The van der Waals surface area contributed by atoms with Gasteiger partial charge < -0.3 is 19.5 Å². The molecule has 7 nitrogen and oxygen atoms in total. The minimum Gasteiger partial charge on any atom is -0.497 e. The maximum Gasteiger partial charge on any atom is 0.262 e. The average molecular weight is 532 g/mol. The highest BCUT2D eigenvalue weighted by Crippen LogP contribution is 2.35. The smallest absolute Gasteiger partial charge is 0.262 e. The van der Waals surface area contributed by atoms with Crippen LogP contribution < -0.4 is 19.5 Å². The van der Waals surface area contributed by atoms with E-state index in [1.165, 1.54) is 13.2 Å². The highest BCUT2D eigenvalue weighted by atomic mass is 79.9. The molecule has 0 unspecified atom stereocenters. The van der Waals surface area contributed by atoms with Crippen LogP contribution in [0.5, 0.6) is 17.2 Å². The van der Waals surface area contributed by atoms with Crippen LogP contribution in [0.25, 0.3) is 6.08 Å². The third kappa shape index (κ3) is 6.63. The van der Waals surface area contributed by atoms with Gasteiger partial charge in [-0.15, -0.1) is 0 Å². The van der Waals surface area contributed by atoms with Crippen LogP contribution in [0.2, 0.25) is 0 Å². The quantitative estimate of drug-likeness (QED) is 0.302. The molecule has 0 saturated carbocycles. The Kier molecular flexibility index (Phi) is 8.89. The van der Waals surface area contributed by atoms with Crippen molar-refractivity contribution < 1.29 is 19.0 Å². The Bertz CT molecular complexity index is 1320. The first-order chi connectivity index (χ1) is 17.0. The van der Waals surface area contributed by atoms with Gasteiger partial charge in [0.15, 0.2) is 11.5 Å². The molecule has 0 heterocycles. The van der Waals surface area contributed by atoms with Crippen molar-refractivity contribution >= 4 is 27.9 Å². The summed E-state index contributed by atoms with van der Waals surface area (Å²) in [5.41, 5.74) is 2.67. The SMILES string of the molecule is COc1ccc(CNC(=O)/C(C#N)=C\c2cc(OC)c(OCc3ccccc3C#N)cc2Br)cc1. The first-order valence-corrected chi connectivity index (χ1v) is 11.3. The lowest BCUT2D eigenvalue weighted by molar-refractivity contribution is -0.117. The van der Waals surface area contributed by atoms with Crippen LogP contribution >= 0.6 is 15.9 Å². The highest BCUT2D eigenvalue weighted by molar-refractivity contribution is 9.10. The number of carbonyl (C=O) groups is 1. The summed E-state index contributed by atoms with van der Waals surface area (Å²) in [5, 5.41) is 21.6. The fourth-order valence-corrected chi connectivity index (χ4v) is 3.61. The molecule has 1 amide bonds. The zero-order valence-electron chi connectivity index (χ0n) is 19.2. The molecule has 0 aliphatic rings. The van der Waals surface area contributed by atoms with Crippen LogP contribution in [-0.2, 0) is 17.9 Å². The number of hydrogen-bond donors (Lipinski definition) is 1. The minimum absolute atomic E-state index is 0.0575. The van der Waals surface area contributed by atoms with E-state index >= 15 is 0 Å². The topological polar surface area (TPSA) is 104 Å². The van der Waals surface area contributed by atoms with E-state index in [4.69, 9.17) is 14.2 Å². The molecule has 0 aromatic heterocycles. The Morgan fingerprint density at radius 2 is 1.77 bits per heavy atom. The largest absolute Gasteiger partial charge is 0.497 e. The zero-order valence-corrected chi connectivity index (χ0v) is 20.8. The molecule has 3 rings (SSSR count). The average Bonchev–Trinajstić information content (AvgIpc) is 2.90. The maximum absolute atomic E-state index is 12.6. The molecule has 8 heteroatoms. The van der Waals surface area contributed by atoms with Gasteiger partial charge in [-0.05, 0) is 47.5 Å². The number of carbonyl (C=O) groups excluding carboxylic acids is 1. The lowest BCUT2D eigenvalue weighted by Gasteiger charge is -2.13. The molecule has 0 radical (unpaired) electrons. The standard InChI is InChI=1S/C27H22BrN3O4/c1-33-23-9-7-18(8-10-23)16-31-27(32)22(15-30)11-21-12-25(34-2)26(13-24(21)28)35-17-20-6-4-3-5-19(20)14-29/h3-13H,16-17H2,1-2H3,(H,31,32)/b22-11-. The number of ether oxygens (including phenoxy) is 3. The van der Waals surface area contributed by atoms with Crippen LogP contribution in [-0.4, -0.2) is 20.1 Å². The lowest BCUT2D eigenvalue weighted by Crippen LogP contribution is -2.23. The number of rotatable bonds is 9. The van der Waals surface area contributed by atoms with Crippen LogP contribution in [0.1, 0.15) is 22.3 Å². The summed E-state index contributed by atoms with van der Waals surface area (Å²) < 4.78 is 17.1. The molecule has 35 heavy (non-hydrogen) atoms. The molecule has 0 bridgehead atoms. The molecule has 0 aliphatic carbocycles. The van der Waals surface area contributed by atoms with Crippen molar-refractivity contribution in [3.63, 3.8) is 0 Å². The van der Waals surface area contributed by atoms with Gasteiger partial charge in [-0.3, -0.25) is 4.79 Å². The van der Waals surface area contributed by atoms with Crippen LogP contribution in [0.4, 0.5) is 0 Å². The summed E-state index contributed by atoms with van der Waals surface area (Å²) in [6.45, 7) is 0.447. The number of nitrogens with zero attached hydrogens (tertiary/aromatic N) is 2. The number of methoxy groups -OCH3 is 2. The predicted molar refractivity (Wildman–Crippen MR) is 135 cm³/mol. The number of halogens is 1. The second-order valence-corrected chi connectivity index (χ2v) is 8.14. The molecule has 176 valence electrons. The maximum atomic E-state index is 12.6. The van der Waals surface area contributed by atoms with Gasteiger partial charge >= 0.3 is 0 Å². The van der Waals surface area contributed by atoms with Crippen LogP contribution in [0.15, 0.2) is 70.7 Å². The first-order valence-electron chi connectivity index (χ1n) is 10.5. The lowest BCUT2D eigenvalue weighted by atomic mass is 10.1. The Balaban J connectivity index is 1.75. The molecule has 0 spiro atoms. The van der Waals surface area contributed by atoms with Gasteiger partial charge in [0.05, 0.1) is 25.9 Å². The summed E-state index contributed by atoms with van der Waals surface area (Å²) in [6.07, 6.45) is 1.48. The highest BCUT2D eigenvalue weighted by Gasteiger charge is 2.14. The predicted octanol–water partition coefficient (Wildman–Crippen LogP) is 5.14. The molecule has 3 aromatic carbocycles. The zero-order chi connectivity index (χ0) is 25.2. The molecule has 0 aliphatic heterocycles. The fraction of sp³-hybridized carbons (Fsp3) is 0.148. The molecular weight excluding hydrogens is 510 g/mol. The van der Waals surface area contributed by atoms with E-state index in [1.54, 1.807) is 43.5 Å². The van der Waals surface area contributed by atoms with Gasteiger partial charge in [0.2, 0.25) is 0 Å². The first kappa shape index (κ1) is 25.4. The van der Waals surface area contributed by atoms with E-state index in [1.807, 2.05) is 30.3 Å². The second kappa shape index (κ2) is 12.3. The second-order valence-electron chi connectivity index (χ2n) is 7.28. The van der Waals surface area contributed by atoms with E-state index in [9.17, 15) is 15.3 Å². The molecule has 1 N–H and O–H groups in total. The van der Waals surface area contributed by atoms with E-state index in [2.05, 4.69) is 27.3 Å². The van der Waals surface area contributed by atoms with E-state index in [0.717, 1.165) is 16.9 Å². The van der Waals surface area contributed by atoms with Crippen molar-refractivity contribution in [2.75, 3.05) is 14.2 Å². The van der Waals surface area contributed by atoms with E-state index in [0.29, 0.717) is 27.1 Å². The van der Waals surface area contributed by atoms with Crippen molar-refractivity contribution in [2.45, 2.75) is 13.2 Å². The number of benzene rings is 3. The number of hydrogen-bond acceptors (Lipinski definition) is 6. The number of nitrogens with one attached hydrogen (secondary N) is 1. The van der Waals surface area contributed by atoms with Gasteiger partial charge in [0.25, 0.3) is 5.91 Å². The monoisotopic (exact) mass is 531 g/mol. The van der Waals surface area contributed by atoms with Crippen molar-refractivity contribution in [1.82, 2.24) is 5.32 Å². The summed E-state index contributed by atoms with van der Waals surface area (Å²) >= 11 is 3.48. The summed E-state index contributed by atoms with van der Waals surface area (Å²) in [4.78, 5) is 12.6. The Hall–Kier alpha value is -4.27. The number of amides is 1. The van der Waals surface area contributed by atoms with Gasteiger partial charge in [0, 0.05) is 16.6 Å². The third-order valence-corrected chi connectivity index (χ3v) is 5.77. The molecule has 3 aromatic rings. The normalized spacial score (nSPS) is 10.6. The van der Waals surface area contributed by atoms with Gasteiger partial charge in [0.1, 0.15) is 24.0 Å². The molecule has 0 fully saturated rings. The summed E-state index contributed by atoms with van der Waals surface area (Å²) in [5.74, 6) is 1.09. The Morgan fingerprint density at radius 3 is 2.43 bits per heavy atom. The van der Waals surface area contributed by atoms with Crippen LogP contribution in [0, 0.1) is 22.7 Å². The third-order valence-electron chi connectivity index (χ3n) is 5.08. The Labute approximate surface area is 212 Å².